The molecule has 0 bridgehead atoms. The Bertz CT molecular complexity index is 968. The Hall–Kier alpha value is 2.72. The van der Waals surface area contributed by atoms with Crippen molar-refractivity contribution in [2.24, 2.45) is 5.41 Å². The first kappa shape index (κ1) is 44.4. The lowest BCUT2D eigenvalue weighted by Gasteiger charge is -2.43. The Morgan fingerprint density at radius 3 is 0.980 bits per heavy atom. The molecule has 0 spiro atoms. The quantitative estimate of drug-likeness (QED) is 0.0941. The summed E-state index contributed by atoms with van der Waals surface area (Å²) >= 11 is 5.20. The van der Waals surface area contributed by atoms with Crippen molar-refractivity contribution in [3.63, 3.8) is 0 Å². The average Bonchev–Trinajstić information content (AvgIpc) is 3.09. The van der Waals surface area contributed by atoms with Crippen molar-refractivity contribution < 1.29 is 19.2 Å². The van der Waals surface area contributed by atoms with E-state index in [2.05, 4.69) is 31.1 Å². The van der Waals surface area contributed by atoms with E-state index in [1.807, 2.05) is 0 Å². The van der Waals surface area contributed by atoms with Crippen LogP contribution in [-0.4, -0.2) is 96.5 Å². The highest BCUT2D eigenvalue weighted by molar-refractivity contribution is 9.01. The van der Waals surface area contributed by atoms with E-state index in [1.54, 1.807) is 0 Å². The van der Waals surface area contributed by atoms with Gasteiger partial charge in [-0.15, -0.1) is 0 Å². The van der Waals surface area contributed by atoms with Crippen molar-refractivity contribution in [2.75, 3.05) is 58.1 Å². The molecule has 0 aromatic heterocycles. The second-order valence-electron chi connectivity index (χ2n) is 12.6. The van der Waals surface area contributed by atoms with Gasteiger partial charge in [0, 0.05) is 111 Å². The summed E-state index contributed by atoms with van der Waals surface area (Å²) in [5, 5.41) is 0. The second-order valence-corrected chi connectivity index (χ2v) is 27.9. The van der Waals surface area contributed by atoms with Gasteiger partial charge in [-0.3, -0.25) is 19.2 Å². The molecule has 0 atom stereocenters. The van der Waals surface area contributed by atoms with Gasteiger partial charge in [-0.25, -0.2) is 17.2 Å². The molecule has 49 heavy (non-hydrogen) atoms. The Morgan fingerprint density at radius 2 is 0.694 bits per heavy atom. The van der Waals surface area contributed by atoms with E-state index in [-0.39, 0.29) is 17.8 Å². The lowest BCUT2D eigenvalue weighted by Crippen LogP contribution is -2.36. The number of nitrogens with zero attached hydrogens (tertiary/aromatic N) is 4. The van der Waals surface area contributed by atoms with Gasteiger partial charge >= 0.3 is 0 Å². The van der Waals surface area contributed by atoms with Gasteiger partial charge in [-0.1, -0.05) is 82.7 Å². The number of hydrogen-bond acceptors (Lipinski definition) is 20. The van der Waals surface area contributed by atoms with Crippen LogP contribution in [0.3, 0.4) is 0 Å². The maximum absolute atomic E-state index is 13.4. The molecule has 4 aliphatic heterocycles. The molecule has 0 saturated carbocycles. The first-order valence-electron chi connectivity index (χ1n) is 16.9. The first-order chi connectivity index (χ1) is 23.6. The van der Waals surface area contributed by atoms with Gasteiger partial charge in [-0.2, -0.15) is 0 Å². The summed E-state index contributed by atoms with van der Waals surface area (Å²) in [7, 11) is 10.9. The van der Waals surface area contributed by atoms with Crippen molar-refractivity contribution in [3.8, 4) is 0 Å². The number of carbonyl (C=O) groups excluding carboxylic acids is 4. The van der Waals surface area contributed by atoms with Gasteiger partial charge < -0.3 is 0 Å². The molecule has 4 aliphatic rings. The van der Waals surface area contributed by atoms with Gasteiger partial charge in [0.05, 0.1) is 0 Å². The van der Waals surface area contributed by atoms with Crippen LogP contribution in [0, 0.1) is 5.41 Å². The van der Waals surface area contributed by atoms with Crippen LogP contribution < -0.4 is 0 Å². The SMILES string of the molecule is CC(C)(CSSC(=O)SN1CCCCC1)C(SSC(=O)SN1CCCCC1)(SSC(=O)SN1CCCCC1)SSC(=O)SN1CCCCC1. The molecule has 8 nitrogen and oxygen atoms in total. The van der Waals surface area contributed by atoms with Crippen molar-refractivity contribution in [1.82, 2.24) is 17.2 Å². The third kappa shape index (κ3) is 16.8. The fourth-order valence-corrected chi connectivity index (χ4v) is 24.6. The lowest BCUT2D eigenvalue weighted by molar-refractivity contribution is 0.274. The highest BCUT2D eigenvalue weighted by Gasteiger charge is 2.50. The Labute approximate surface area is 342 Å². The number of rotatable bonds is 14. The van der Waals surface area contributed by atoms with Crippen molar-refractivity contribution in [2.45, 2.75) is 94.3 Å². The van der Waals surface area contributed by atoms with E-state index in [9.17, 15) is 19.2 Å². The van der Waals surface area contributed by atoms with Crippen LogP contribution in [-0.2, 0) is 0 Å². The first-order valence-corrected chi connectivity index (χ1v) is 28.7. The third-order valence-corrected chi connectivity index (χ3v) is 27.3. The van der Waals surface area contributed by atoms with Gasteiger partial charge in [0.2, 0.25) is 0 Å². The van der Waals surface area contributed by atoms with Crippen LogP contribution in [0.2, 0.25) is 0 Å². The summed E-state index contributed by atoms with van der Waals surface area (Å²) in [5.41, 5.74) is -0.490. The maximum Gasteiger partial charge on any atom is 0.271 e. The summed E-state index contributed by atoms with van der Waals surface area (Å²) in [6, 6.07) is 0. The molecule has 0 unspecified atom stereocenters. The standard InChI is InChI=1S/C29H48N4O4S12/c1-28(2,23-38-43-24(34)39-30-15-7-3-8-16-30)29(47-44-25(35)40-31-17-9-4-10-18-31,48-45-26(36)41-32-19-11-5-12-20-32)49-46-27(37)42-33-21-13-6-14-22-33/h3-23H2,1-2H3. The van der Waals surface area contributed by atoms with Crippen molar-refractivity contribution in [3.05, 3.63) is 0 Å². The fourth-order valence-electron chi connectivity index (χ4n) is 5.27. The number of carbonyl (C=O) groups is 4. The minimum Gasteiger partial charge on any atom is -0.272 e. The molecule has 0 N–H and O–H groups in total. The predicted molar refractivity (Wildman–Crippen MR) is 236 cm³/mol. The zero-order chi connectivity index (χ0) is 35.0. The molecule has 0 radical (unpaired) electrons. The fraction of sp³-hybridized carbons (Fsp3) is 0.862. The van der Waals surface area contributed by atoms with E-state index in [0.29, 0.717) is 5.75 Å². The molecule has 0 aliphatic carbocycles. The normalized spacial score (nSPS) is 21.1. The smallest absolute Gasteiger partial charge is 0.271 e. The zero-order valence-electron chi connectivity index (χ0n) is 28.2. The molecule has 4 rings (SSSR count). The number of piperidine rings is 4. The van der Waals surface area contributed by atoms with E-state index in [1.165, 1.54) is 160 Å². The van der Waals surface area contributed by atoms with Crippen LogP contribution >= 0.6 is 134 Å². The van der Waals surface area contributed by atoms with E-state index in [4.69, 9.17) is 0 Å². The largest absolute Gasteiger partial charge is 0.272 e. The van der Waals surface area contributed by atoms with Crippen molar-refractivity contribution >= 4 is 152 Å². The van der Waals surface area contributed by atoms with Crippen LogP contribution in [0.4, 0.5) is 19.2 Å². The summed E-state index contributed by atoms with van der Waals surface area (Å²) in [6.45, 7) is 11.7. The summed E-state index contributed by atoms with van der Waals surface area (Å²) in [5.74, 6) is 0.604. The second kappa shape index (κ2) is 24.4. The summed E-state index contributed by atoms with van der Waals surface area (Å²) < 4.78 is 8.00. The molecule has 4 heterocycles. The highest BCUT2D eigenvalue weighted by atomic mass is 33.2. The molecular weight excluding hydrogens is 853 g/mol. The van der Waals surface area contributed by atoms with E-state index in [0.717, 1.165) is 104 Å². The molecule has 0 amide bonds. The van der Waals surface area contributed by atoms with Gasteiger partial charge in [0.25, 0.3) is 17.8 Å². The molecule has 20 heteroatoms. The molecule has 4 saturated heterocycles. The van der Waals surface area contributed by atoms with Crippen LogP contribution in [0.15, 0.2) is 0 Å². The average molecular weight is 902 g/mol. The molecule has 0 aromatic rings. The summed E-state index contributed by atoms with van der Waals surface area (Å²) in [4.78, 5) is 53.1. The molecule has 280 valence electrons. The van der Waals surface area contributed by atoms with Gasteiger partial charge in [0.1, 0.15) is 3.41 Å². The van der Waals surface area contributed by atoms with Crippen molar-refractivity contribution in [1.29, 1.82) is 0 Å². The topological polar surface area (TPSA) is 81.2 Å². The summed E-state index contributed by atoms with van der Waals surface area (Å²) in [6.07, 6.45) is 13.7. The molecule has 4 fully saturated rings. The van der Waals surface area contributed by atoms with Crippen LogP contribution in [0.1, 0.15) is 90.9 Å². The van der Waals surface area contributed by atoms with E-state index < -0.39 is 8.83 Å². The van der Waals surface area contributed by atoms with E-state index >= 15 is 0 Å². The monoisotopic (exact) mass is 900 g/mol. The zero-order valence-corrected chi connectivity index (χ0v) is 38.0. The predicted octanol–water partition coefficient (Wildman–Crippen LogP) is 13.2. The molecular formula is C29H48N4O4S12. The molecule has 0 aromatic carbocycles. The van der Waals surface area contributed by atoms with Crippen LogP contribution in [0.5, 0.6) is 0 Å². The highest BCUT2D eigenvalue weighted by Crippen LogP contribution is 2.69. The Morgan fingerprint density at radius 1 is 0.429 bits per heavy atom. The van der Waals surface area contributed by atoms with Gasteiger partial charge in [0.15, 0.2) is 0 Å². The third-order valence-electron chi connectivity index (χ3n) is 8.11. The lowest BCUT2D eigenvalue weighted by atomic mass is 9.99. The van der Waals surface area contributed by atoms with Crippen LogP contribution in [0.25, 0.3) is 0 Å². The Kier molecular flexibility index (Phi) is 22.1. The minimum atomic E-state index is -0.766. The Balaban J connectivity index is 1.46. The van der Waals surface area contributed by atoms with Gasteiger partial charge in [-0.05, 0) is 94.5 Å². The maximum atomic E-state index is 13.4. The minimum absolute atomic E-state index is 0.0152. The number of hydrogen-bond donors (Lipinski definition) is 0.